The Kier molecular flexibility index (Phi) is 2.81. The van der Waals surface area contributed by atoms with Gasteiger partial charge in [0.25, 0.3) is 0 Å². The van der Waals surface area contributed by atoms with Gasteiger partial charge in [-0.3, -0.25) is 0 Å². The zero-order chi connectivity index (χ0) is 17.3. The van der Waals surface area contributed by atoms with Crippen molar-refractivity contribution in [3.63, 3.8) is 0 Å². The maximum Gasteiger partial charge on any atom is 0.417 e. The number of piperazine rings is 1. The highest BCUT2D eigenvalue weighted by molar-refractivity contribution is 6.08. The molecule has 0 amide bonds. The first-order chi connectivity index (χ1) is 11.9. The number of benzene rings is 1. The molecule has 130 valence electrons. The van der Waals surface area contributed by atoms with Crippen molar-refractivity contribution in [1.82, 2.24) is 15.3 Å². The van der Waals surface area contributed by atoms with Crippen LogP contribution in [0.2, 0.25) is 0 Å². The Morgan fingerprint density at radius 1 is 1.28 bits per heavy atom. The molecule has 2 aliphatic rings. The molecule has 2 aliphatic heterocycles. The molecule has 3 N–H and O–H groups in total. The third-order valence-corrected chi connectivity index (χ3v) is 4.97. The predicted octanol–water partition coefficient (Wildman–Crippen LogP) is 2.53. The Hall–Kier alpha value is -2.55. The first-order valence-electron chi connectivity index (χ1n) is 7.98. The second-order valence-corrected chi connectivity index (χ2v) is 6.51. The summed E-state index contributed by atoms with van der Waals surface area (Å²) < 4.78 is 46.0. The SMILES string of the molecule is Nc1nc(N2CC3C[C@@H]2CN3)c2oc3cccc(C(F)(F)F)c3c2n1. The Morgan fingerprint density at radius 3 is 2.80 bits per heavy atom. The number of anilines is 2. The third kappa shape index (κ3) is 2.08. The number of halogens is 3. The number of alkyl halides is 3. The van der Waals surface area contributed by atoms with Crippen LogP contribution < -0.4 is 16.0 Å². The largest absolute Gasteiger partial charge is 0.450 e. The number of nitrogens with two attached hydrogens (primary N) is 1. The van der Waals surface area contributed by atoms with E-state index in [1.54, 1.807) is 0 Å². The lowest BCUT2D eigenvalue weighted by Crippen LogP contribution is -2.44. The van der Waals surface area contributed by atoms with Crippen LogP contribution in [-0.4, -0.2) is 35.1 Å². The molecule has 0 radical (unpaired) electrons. The van der Waals surface area contributed by atoms with Gasteiger partial charge in [-0.05, 0) is 18.6 Å². The zero-order valence-electron chi connectivity index (χ0n) is 13.0. The van der Waals surface area contributed by atoms with Gasteiger partial charge in [-0.15, -0.1) is 0 Å². The van der Waals surface area contributed by atoms with E-state index in [1.165, 1.54) is 12.1 Å². The molecule has 6 nitrogen and oxygen atoms in total. The maximum atomic E-state index is 13.4. The standard InChI is InChI=1S/C16H14F3N5O/c17-16(18,19)9-2-1-3-10-11(9)12-13(25-10)14(23-15(20)22-12)24-6-7-4-8(24)5-21-7/h1-3,7-8,21H,4-6H2,(H2,20,22,23)/t7?,8-/m1/s1. The van der Waals surface area contributed by atoms with Gasteiger partial charge in [-0.2, -0.15) is 18.2 Å². The quantitative estimate of drug-likeness (QED) is 0.703. The van der Waals surface area contributed by atoms with Crippen molar-refractivity contribution in [3.05, 3.63) is 23.8 Å². The minimum Gasteiger partial charge on any atom is -0.450 e. The topological polar surface area (TPSA) is 80.2 Å². The van der Waals surface area contributed by atoms with Gasteiger partial charge in [-0.25, -0.2) is 4.98 Å². The fourth-order valence-corrected chi connectivity index (χ4v) is 3.94. The number of aromatic nitrogens is 2. The van der Waals surface area contributed by atoms with Crippen molar-refractivity contribution in [1.29, 1.82) is 0 Å². The summed E-state index contributed by atoms with van der Waals surface area (Å²) in [6.45, 7) is 1.53. The molecule has 4 heterocycles. The van der Waals surface area contributed by atoms with Crippen molar-refractivity contribution >= 4 is 33.8 Å². The van der Waals surface area contributed by atoms with Gasteiger partial charge in [0.2, 0.25) is 5.95 Å². The number of nitrogen functional groups attached to an aromatic ring is 1. The number of nitrogens with zero attached hydrogens (tertiary/aromatic N) is 3. The monoisotopic (exact) mass is 349 g/mol. The summed E-state index contributed by atoms with van der Waals surface area (Å²) in [7, 11) is 0. The van der Waals surface area contributed by atoms with Crippen LogP contribution in [0, 0.1) is 0 Å². The van der Waals surface area contributed by atoms with Gasteiger partial charge < -0.3 is 20.4 Å². The highest BCUT2D eigenvalue weighted by atomic mass is 19.4. The minimum atomic E-state index is -4.51. The molecule has 3 aromatic rings. The van der Waals surface area contributed by atoms with Crippen LogP contribution in [0.1, 0.15) is 12.0 Å². The van der Waals surface area contributed by atoms with Crippen molar-refractivity contribution < 1.29 is 17.6 Å². The first-order valence-corrected chi connectivity index (χ1v) is 7.98. The van der Waals surface area contributed by atoms with E-state index in [0.29, 0.717) is 11.9 Å². The summed E-state index contributed by atoms with van der Waals surface area (Å²) in [6.07, 6.45) is -3.54. The number of rotatable bonds is 1. The molecule has 2 fully saturated rings. The van der Waals surface area contributed by atoms with Crippen LogP contribution in [0.3, 0.4) is 0 Å². The number of hydrogen-bond acceptors (Lipinski definition) is 6. The van der Waals surface area contributed by atoms with Gasteiger partial charge in [0.05, 0.1) is 10.9 Å². The highest BCUT2D eigenvalue weighted by Crippen LogP contribution is 2.42. The lowest BCUT2D eigenvalue weighted by Gasteiger charge is -2.28. The number of furan rings is 1. The summed E-state index contributed by atoms with van der Waals surface area (Å²) in [4.78, 5) is 10.4. The highest BCUT2D eigenvalue weighted by Gasteiger charge is 2.40. The summed E-state index contributed by atoms with van der Waals surface area (Å²) in [5.74, 6) is 0.415. The fourth-order valence-electron chi connectivity index (χ4n) is 3.94. The first kappa shape index (κ1) is 14.8. The summed E-state index contributed by atoms with van der Waals surface area (Å²) in [5.41, 5.74) is 5.53. The Balaban J connectivity index is 1.81. The van der Waals surface area contributed by atoms with Gasteiger partial charge in [0.1, 0.15) is 11.1 Å². The lowest BCUT2D eigenvalue weighted by molar-refractivity contribution is -0.136. The minimum absolute atomic E-state index is 0.0575. The molecular weight excluding hydrogens is 335 g/mol. The van der Waals surface area contributed by atoms with Crippen LogP contribution in [0.15, 0.2) is 22.6 Å². The zero-order valence-corrected chi connectivity index (χ0v) is 13.0. The van der Waals surface area contributed by atoms with E-state index in [2.05, 4.69) is 20.2 Å². The molecule has 25 heavy (non-hydrogen) atoms. The molecule has 1 aromatic carbocycles. The van der Waals surface area contributed by atoms with Crippen molar-refractivity contribution in [2.75, 3.05) is 23.7 Å². The Morgan fingerprint density at radius 2 is 2.12 bits per heavy atom. The number of fused-ring (bicyclic) bond motifs is 5. The summed E-state index contributed by atoms with van der Waals surface area (Å²) >= 11 is 0. The molecule has 0 spiro atoms. The van der Waals surface area contributed by atoms with Crippen molar-refractivity contribution in [3.8, 4) is 0 Å². The molecule has 2 bridgehead atoms. The number of hydrogen-bond donors (Lipinski definition) is 2. The Labute approximate surface area is 139 Å². The normalized spacial score (nSPS) is 23.2. The molecule has 2 saturated heterocycles. The van der Waals surface area contributed by atoms with Gasteiger partial charge >= 0.3 is 6.18 Å². The van der Waals surface area contributed by atoms with Gasteiger partial charge in [-0.1, -0.05) is 6.07 Å². The molecule has 5 rings (SSSR count). The summed E-state index contributed by atoms with van der Waals surface area (Å²) in [6, 6.07) is 4.44. The van der Waals surface area contributed by atoms with E-state index in [1.807, 2.05) is 0 Å². The van der Waals surface area contributed by atoms with E-state index >= 15 is 0 Å². The predicted molar refractivity (Wildman–Crippen MR) is 86.3 cm³/mol. The van der Waals surface area contributed by atoms with E-state index < -0.39 is 11.7 Å². The molecular formula is C16H14F3N5O. The van der Waals surface area contributed by atoms with E-state index in [0.717, 1.165) is 25.6 Å². The molecule has 1 unspecified atom stereocenters. The van der Waals surface area contributed by atoms with Crippen LogP contribution in [0.4, 0.5) is 24.9 Å². The average molecular weight is 349 g/mol. The molecule has 0 aliphatic carbocycles. The van der Waals surface area contributed by atoms with Crippen LogP contribution in [0.5, 0.6) is 0 Å². The van der Waals surface area contributed by atoms with Crippen LogP contribution in [-0.2, 0) is 6.18 Å². The van der Waals surface area contributed by atoms with Gasteiger partial charge in [0, 0.05) is 25.2 Å². The maximum absolute atomic E-state index is 13.4. The molecule has 0 saturated carbocycles. The van der Waals surface area contributed by atoms with Crippen molar-refractivity contribution in [2.24, 2.45) is 0 Å². The van der Waals surface area contributed by atoms with Gasteiger partial charge in [0.15, 0.2) is 11.4 Å². The molecule has 2 atom stereocenters. The third-order valence-electron chi connectivity index (χ3n) is 4.97. The molecule has 2 aromatic heterocycles. The van der Waals surface area contributed by atoms with Crippen LogP contribution >= 0.6 is 0 Å². The van der Waals surface area contributed by atoms with Crippen molar-refractivity contribution in [2.45, 2.75) is 24.7 Å². The smallest absolute Gasteiger partial charge is 0.417 e. The Bertz CT molecular complexity index is 999. The molecule has 9 heteroatoms. The second-order valence-electron chi connectivity index (χ2n) is 6.51. The van der Waals surface area contributed by atoms with E-state index in [4.69, 9.17) is 10.2 Å². The van der Waals surface area contributed by atoms with E-state index in [-0.39, 0.29) is 34.1 Å². The van der Waals surface area contributed by atoms with Crippen LogP contribution in [0.25, 0.3) is 22.1 Å². The van der Waals surface area contributed by atoms with E-state index in [9.17, 15) is 13.2 Å². The second kappa shape index (κ2) is 4.75. The average Bonchev–Trinajstić information content (AvgIpc) is 3.26. The lowest BCUT2D eigenvalue weighted by atomic mass is 10.1. The number of nitrogens with one attached hydrogen (secondary N) is 1. The summed E-state index contributed by atoms with van der Waals surface area (Å²) in [5, 5.41) is 3.31. The fraction of sp³-hybridized carbons (Fsp3) is 0.375.